The van der Waals surface area contributed by atoms with Gasteiger partial charge in [0.2, 0.25) is 5.75 Å². The molecule has 12 heteroatoms. The summed E-state index contributed by atoms with van der Waals surface area (Å²) in [5.41, 5.74) is 3.03. The topological polar surface area (TPSA) is 80.7 Å². The number of benzene rings is 3. The molecule has 248 valence electrons. The zero-order valence-electron chi connectivity index (χ0n) is 26.2. The van der Waals surface area contributed by atoms with Crippen LogP contribution in [-0.4, -0.2) is 80.9 Å². The quantitative estimate of drug-likeness (QED) is 0.119. The van der Waals surface area contributed by atoms with Crippen LogP contribution in [0.1, 0.15) is 46.3 Å². The Hall–Kier alpha value is -1.93. The molecule has 2 heterocycles. The molecule has 2 saturated heterocycles. The van der Waals surface area contributed by atoms with Crippen molar-refractivity contribution in [2.24, 2.45) is 0 Å². The lowest BCUT2D eigenvalue weighted by Crippen LogP contribution is -2.53. The first-order valence-corrected chi connectivity index (χ1v) is 17.9. The van der Waals surface area contributed by atoms with Crippen LogP contribution in [0.4, 0.5) is 0 Å². The van der Waals surface area contributed by atoms with Crippen molar-refractivity contribution in [3.63, 3.8) is 0 Å². The minimum atomic E-state index is -0.785. The fraction of sp³-hybridized carbons (Fsp3) is 0.441. The molecule has 0 unspecified atom stereocenters. The fourth-order valence-corrected chi connectivity index (χ4v) is 8.18. The van der Waals surface area contributed by atoms with Gasteiger partial charge in [-0.15, -0.1) is 0 Å². The Bertz CT molecular complexity index is 1510. The van der Waals surface area contributed by atoms with E-state index in [0.717, 1.165) is 50.1 Å². The summed E-state index contributed by atoms with van der Waals surface area (Å²) >= 11 is 16.3. The summed E-state index contributed by atoms with van der Waals surface area (Å²) in [6, 6.07) is 17.4. The first-order chi connectivity index (χ1) is 22.2. The van der Waals surface area contributed by atoms with Crippen LogP contribution in [-0.2, 0) is 19.5 Å². The highest BCUT2D eigenvalue weighted by molar-refractivity contribution is 14.1. The molecule has 0 radical (unpaired) electrons. The molecule has 2 fully saturated rings. The van der Waals surface area contributed by atoms with Gasteiger partial charge in [-0.1, -0.05) is 76.1 Å². The molecular formula is C34H39Cl2IN2O6S. The normalized spacial score (nSPS) is 19.9. The number of likely N-dealkylation sites (tertiary alicyclic amines) is 1. The number of rotatable bonds is 11. The summed E-state index contributed by atoms with van der Waals surface area (Å²) in [6.45, 7) is 3.78. The Morgan fingerprint density at radius 2 is 1.67 bits per heavy atom. The third-order valence-corrected chi connectivity index (χ3v) is 11.9. The van der Waals surface area contributed by atoms with E-state index in [4.69, 9.17) is 42.1 Å². The van der Waals surface area contributed by atoms with E-state index in [9.17, 15) is 9.35 Å². The molecule has 0 spiro atoms. The van der Waals surface area contributed by atoms with Crippen molar-refractivity contribution in [1.29, 1.82) is 0 Å². The Morgan fingerprint density at radius 3 is 2.30 bits per heavy atom. The van der Waals surface area contributed by atoms with Crippen LogP contribution >= 0.6 is 57.8 Å². The first-order valence-electron chi connectivity index (χ1n) is 15.1. The number of hydrogen-bond donors (Lipinski definition) is 1. The molecule has 46 heavy (non-hydrogen) atoms. The van der Waals surface area contributed by atoms with Crippen molar-refractivity contribution in [2.45, 2.75) is 34.0 Å². The number of methoxy groups -OCH3 is 3. The molecule has 0 aliphatic carbocycles. The average Bonchev–Trinajstić information content (AvgIpc) is 3.08. The van der Waals surface area contributed by atoms with Gasteiger partial charge >= 0.3 is 0 Å². The average molecular weight is 802 g/mol. The lowest BCUT2D eigenvalue weighted by atomic mass is 9.85. The fourth-order valence-electron chi connectivity index (χ4n) is 6.49. The summed E-state index contributed by atoms with van der Waals surface area (Å²) in [5, 5.41) is 0.915. The number of carbonyl (C=O) groups is 1. The molecule has 0 saturated carbocycles. The molecule has 1 atom stereocenters. The molecule has 2 aliphatic rings. The van der Waals surface area contributed by atoms with E-state index in [1.165, 1.54) is 32.5 Å². The molecule has 8 nitrogen and oxygen atoms in total. The number of alkyl halides is 1. The number of morpholine rings is 1. The Balaban J connectivity index is 1.37. The minimum Gasteiger partial charge on any atom is -0.493 e. The van der Waals surface area contributed by atoms with Gasteiger partial charge in [0.1, 0.15) is 5.60 Å². The van der Waals surface area contributed by atoms with Gasteiger partial charge in [0, 0.05) is 27.8 Å². The van der Waals surface area contributed by atoms with E-state index < -0.39 is 5.60 Å². The van der Waals surface area contributed by atoms with Crippen LogP contribution in [0, 0.1) is 0 Å². The van der Waals surface area contributed by atoms with Crippen molar-refractivity contribution in [3.05, 3.63) is 86.9 Å². The van der Waals surface area contributed by atoms with Gasteiger partial charge in [0.15, 0.2) is 11.5 Å². The van der Waals surface area contributed by atoms with Crippen molar-refractivity contribution in [3.8, 4) is 17.2 Å². The summed E-state index contributed by atoms with van der Waals surface area (Å²) in [6.07, 6.45) is 2.65. The lowest BCUT2D eigenvalue weighted by Gasteiger charge is -2.45. The SMILES string of the molecule is COc1cc(C(=O)N2CCO[C@](CCN3CCC(I)(c4ccccc4CSO)CC3)(c3ccc(Cl)c(Cl)c3)C2)cc(OC)c1OC. The molecule has 0 bridgehead atoms. The van der Waals surface area contributed by atoms with Crippen LogP contribution in [0.2, 0.25) is 10.0 Å². The van der Waals surface area contributed by atoms with Crippen LogP contribution in [0.25, 0.3) is 0 Å². The number of hydrogen-bond acceptors (Lipinski definition) is 8. The minimum absolute atomic E-state index is 0.00695. The van der Waals surface area contributed by atoms with Gasteiger partial charge in [-0.25, -0.2) is 0 Å². The third kappa shape index (κ3) is 7.53. The first kappa shape index (κ1) is 35.4. The van der Waals surface area contributed by atoms with Crippen molar-refractivity contribution >= 4 is 63.7 Å². The van der Waals surface area contributed by atoms with E-state index in [1.54, 1.807) is 18.2 Å². The van der Waals surface area contributed by atoms with E-state index >= 15 is 0 Å². The highest BCUT2D eigenvalue weighted by Crippen LogP contribution is 2.45. The van der Waals surface area contributed by atoms with Gasteiger partial charge < -0.3 is 33.3 Å². The monoisotopic (exact) mass is 800 g/mol. The molecule has 3 aromatic rings. The zero-order chi connectivity index (χ0) is 32.9. The van der Waals surface area contributed by atoms with Crippen molar-refractivity contribution in [1.82, 2.24) is 9.80 Å². The summed E-state index contributed by atoms with van der Waals surface area (Å²) in [5.74, 6) is 1.70. The van der Waals surface area contributed by atoms with Crippen LogP contribution in [0.5, 0.6) is 17.2 Å². The van der Waals surface area contributed by atoms with Gasteiger partial charge in [-0.2, -0.15) is 0 Å². The molecule has 5 rings (SSSR count). The zero-order valence-corrected chi connectivity index (χ0v) is 30.7. The maximum atomic E-state index is 14.0. The van der Waals surface area contributed by atoms with Crippen LogP contribution < -0.4 is 14.2 Å². The molecule has 3 aromatic carbocycles. The maximum Gasteiger partial charge on any atom is 0.254 e. The van der Waals surface area contributed by atoms with Crippen molar-refractivity contribution in [2.75, 3.05) is 60.7 Å². The third-order valence-electron chi connectivity index (χ3n) is 9.03. The van der Waals surface area contributed by atoms with Crippen LogP contribution in [0.3, 0.4) is 0 Å². The van der Waals surface area contributed by atoms with Gasteiger partial charge in [-0.3, -0.25) is 4.79 Å². The van der Waals surface area contributed by atoms with E-state index in [0.29, 0.717) is 64.7 Å². The highest BCUT2D eigenvalue weighted by Gasteiger charge is 2.42. The van der Waals surface area contributed by atoms with E-state index in [-0.39, 0.29) is 9.33 Å². The lowest BCUT2D eigenvalue weighted by molar-refractivity contribution is -0.113. The second-order valence-electron chi connectivity index (χ2n) is 11.6. The summed E-state index contributed by atoms with van der Waals surface area (Å²) in [4.78, 5) is 18.3. The number of nitrogens with zero attached hydrogens (tertiary/aromatic N) is 2. The maximum absolute atomic E-state index is 14.0. The van der Waals surface area contributed by atoms with Crippen LogP contribution in [0.15, 0.2) is 54.6 Å². The smallest absolute Gasteiger partial charge is 0.254 e. The Labute approximate surface area is 299 Å². The van der Waals surface area contributed by atoms with E-state index in [1.807, 2.05) is 23.1 Å². The number of ether oxygens (including phenoxy) is 4. The van der Waals surface area contributed by atoms with Crippen molar-refractivity contribution < 1.29 is 28.3 Å². The van der Waals surface area contributed by atoms with Gasteiger partial charge in [0.05, 0.1) is 44.5 Å². The molecular weight excluding hydrogens is 762 g/mol. The standard InChI is InChI=1S/C34H39Cl2IN2O6S/c1-42-29-18-24(19-30(43-2)31(29)44-3)32(40)39-16-17-45-34(22-39,25-8-9-27(35)28(36)20-25)12-15-38-13-10-33(37,11-14-38)26-7-5-4-6-23(26)21-46-41/h4-9,18-20,41H,10-17,21-22H2,1-3H3/t34-/m0/s1. The molecule has 0 aromatic heterocycles. The van der Waals surface area contributed by atoms with E-state index in [2.05, 4.69) is 45.7 Å². The Kier molecular flexibility index (Phi) is 11.9. The molecule has 2 aliphatic heterocycles. The summed E-state index contributed by atoms with van der Waals surface area (Å²) in [7, 11) is 4.60. The largest absolute Gasteiger partial charge is 0.493 e. The van der Waals surface area contributed by atoms with Gasteiger partial charge in [-0.05, 0) is 85.4 Å². The second kappa shape index (κ2) is 15.5. The molecule has 1 amide bonds. The number of carbonyl (C=O) groups excluding carboxylic acids is 1. The van der Waals surface area contributed by atoms with Gasteiger partial charge in [0.25, 0.3) is 5.91 Å². The summed E-state index contributed by atoms with van der Waals surface area (Å²) < 4.78 is 32.6. The second-order valence-corrected chi connectivity index (χ2v) is 15.0. The highest BCUT2D eigenvalue weighted by atomic mass is 127. The predicted molar refractivity (Wildman–Crippen MR) is 192 cm³/mol. The number of piperidine rings is 1. The predicted octanol–water partition coefficient (Wildman–Crippen LogP) is 7.91. The number of halogens is 3. The molecule has 1 N–H and O–H groups in total. The number of amides is 1. The Morgan fingerprint density at radius 1 is 0.978 bits per heavy atom.